The van der Waals surface area contributed by atoms with Crippen molar-refractivity contribution >= 4 is 0 Å². The zero-order valence-electron chi connectivity index (χ0n) is 9.26. The normalized spacial score (nSPS) is 12.7. The number of rotatable bonds is 6. The van der Waals surface area contributed by atoms with Crippen molar-refractivity contribution in [2.24, 2.45) is 0 Å². The fourth-order valence-corrected chi connectivity index (χ4v) is 1.53. The summed E-state index contributed by atoms with van der Waals surface area (Å²) in [5, 5.41) is 9.79. The zero-order chi connectivity index (χ0) is 11.1. The third kappa shape index (κ3) is 3.86. The van der Waals surface area contributed by atoms with E-state index in [1.807, 2.05) is 36.1 Å². The van der Waals surface area contributed by atoms with E-state index in [4.69, 9.17) is 0 Å². The SMILES string of the molecule is C=CCN(Cc1ccccc1)C(O)CC. The van der Waals surface area contributed by atoms with Crippen molar-refractivity contribution in [2.75, 3.05) is 6.54 Å². The fraction of sp³-hybridized carbons (Fsp3) is 0.385. The highest BCUT2D eigenvalue weighted by Crippen LogP contribution is 2.08. The molecule has 0 saturated heterocycles. The fourth-order valence-electron chi connectivity index (χ4n) is 1.53. The van der Waals surface area contributed by atoms with Crippen molar-refractivity contribution in [1.82, 2.24) is 4.90 Å². The van der Waals surface area contributed by atoms with Gasteiger partial charge >= 0.3 is 0 Å². The lowest BCUT2D eigenvalue weighted by Crippen LogP contribution is -2.34. The number of hydrogen-bond donors (Lipinski definition) is 1. The summed E-state index contributed by atoms with van der Waals surface area (Å²) in [5.41, 5.74) is 1.21. The predicted molar refractivity (Wildman–Crippen MR) is 63.3 cm³/mol. The van der Waals surface area contributed by atoms with E-state index in [-0.39, 0.29) is 6.23 Å². The monoisotopic (exact) mass is 205 g/mol. The van der Waals surface area contributed by atoms with Crippen LogP contribution in [0.5, 0.6) is 0 Å². The molecule has 1 aromatic rings. The first-order valence-corrected chi connectivity index (χ1v) is 5.34. The molecule has 1 aromatic carbocycles. The first-order valence-electron chi connectivity index (χ1n) is 5.34. The van der Waals surface area contributed by atoms with Crippen LogP contribution in [0.1, 0.15) is 18.9 Å². The molecule has 0 saturated carbocycles. The number of nitrogens with zero attached hydrogens (tertiary/aromatic N) is 1. The van der Waals surface area contributed by atoms with Gasteiger partial charge in [0, 0.05) is 13.1 Å². The lowest BCUT2D eigenvalue weighted by Gasteiger charge is -2.25. The average Bonchev–Trinajstić information content (AvgIpc) is 2.29. The van der Waals surface area contributed by atoms with E-state index in [0.29, 0.717) is 6.54 Å². The van der Waals surface area contributed by atoms with Crippen LogP contribution in [0.4, 0.5) is 0 Å². The molecule has 0 aliphatic rings. The van der Waals surface area contributed by atoms with Crippen molar-refractivity contribution < 1.29 is 5.11 Å². The molecule has 0 radical (unpaired) electrons. The third-order valence-corrected chi connectivity index (χ3v) is 2.38. The number of benzene rings is 1. The second-order valence-corrected chi connectivity index (χ2v) is 3.59. The summed E-state index contributed by atoms with van der Waals surface area (Å²) >= 11 is 0. The Bertz CT molecular complexity index is 284. The van der Waals surface area contributed by atoms with Gasteiger partial charge in [-0.25, -0.2) is 0 Å². The van der Waals surface area contributed by atoms with Crippen LogP contribution in [0.3, 0.4) is 0 Å². The summed E-state index contributed by atoms with van der Waals surface area (Å²) in [6.45, 7) is 7.16. The van der Waals surface area contributed by atoms with E-state index in [2.05, 4.69) is 18.7 Å². The molecule has 15 heavy (non-hydrogen) atoms. The maximum atomic E-state index is 9.79. The van der Waals surface area contributed by atoms with Crippen LogP contribution in [-0.2, 0) is 6.54 Å². The topological polar surface area (TPSA) is 23.5 Å². The Hall–Kier alpha value is -1.12. The number of aliphatic hydroxyl groups excluding tert-OH is 1. The molecule has 0 amide bonds. The molecule has 2 heteroatoms. The third-order valence-electron chi connectivity index (χ3n) is 2.38. The summed E-state index contributed by atoms with van der Waals surface area (Å²) in [4.78, 5) is 2.00. The zero-order valence-corrected chi connectivity index (χ0v) is 9.26. The van der Waals surface area contributed by atoms with Gasteiger partial charge in [0.1, 0.15) is 6.23 Å². The largest absolute Gasteiger partial charge is 0.378 e. The molecule has 2 nitrogen and oxygen atoms in total. The van der Waals surface area contributed by atoms with Crippen molar-refractivity contribution in [3.63, 3.8) is 0 Å². The molecular weight excluding hydrogens is 186 g/mol. The highest BCUT2D eigenvalue weighted by Gasteiger charge is 2.11. The van der Waals surface area contributed by atoms with Gasteiger partial charge in [0.2, 0.25) is 0 Å². The van der Waals surface area contributed by atoms with Crippen LogP contribution in [0.25, 0.3) is 0 Å². The average molecular weight is 205 g/mol. The summed E-state index contributed by atoms with van der Waals surface area (Å²) in [7, 11) is 0. The van der Waals surface area contributed by atoms with Crippen molar-refractivity contribution in [3.05, 3.63) is 48.6 Å². The molecular formula is C13H19NO. The van der Waals surface area contributed by atoms with Gasteiger partial charge in [-0.1, -0.05) is 43.3 Å². The van der Waals surface area contributed by atoms with Crippen LogP contribution in [-0.4, -0.2) is 22.8 Å². The summed E-state index contributed by atoms with van der Waals surface area (Å²) in [6, 6.07) is 10.2. The van der Waals surface area contributed by atoms with Crippen molar-refractivity contribution in [1.29, 1.82) is 0 Å². The Labute approximate surface area is 91.9 Å². The predicted octanol–water partition coefficient (Wildman–Crippen LogP) is 2.40. The molecule has 0 bridgehead atoms. The summed E-state index contributed by atoms with van der Waals surface area (Å²) in [6.07, 6.45) is 2.17. The van der Waals surface area contributed by atoms with Crippen molar-refractivity contribution in [3.8, 4) is 0 Å². The van der Waals surface area contributed by atoms with Crippen LogP contribution in [0.15, 0.2) is 43.0 Å². The summed E-state index contributed by atoms with van der Waals surface area (Å²) < 4.78 is 0. The number of aliphatic hydroxyl groups is 1. The molecule has 0 heterocycles. The van der Waals surface area contributed by atoms with Gasteiger partial charge in [-0.05, 0) is 12.0 Å². The molecule has 1 atom stereocenters. The highest BCUT2D eigenvalue weighted by atomic mass is 16.3. The van der Waals surface area contributed by atoms with Gasteiger partial charge in [0.15, 0.2) is 0 Å². The molecule has 0 spiro atoms. The van der Waals surface area contributed by atoms with E-state index in [0.717, 1.165) is 13.0 Å². The Kier molecular flexibility index (Phi) is 5.08. The lowest BCUT2D eigenvalue weighted by molar-refractivity contribution is 0.00344. The minimum Gasteiger partial charge on any atom is -0.378 e. The molecule has 1 unspecified atom stereocenters. The van der Waals surface area contributed by atoms with Gasteiger partial charge < -0.3 is 5.11 Å². The van der Waals surface area contributed by atoms with Crippen LogP contribution in [0.2, 0.25) is 0 Å². The Morgan fingerprint density at radius 3 is 2.60 bits per heavy atom. The van der Waals surface area contributed by atoms with Gasteiger partial charge in [-0.3, -0.25) is 4.90 Å². The highest BCUT2D eigenvalue weighted by molar-refractivity contribution is 5.14. The van der Waals surface area contributed by atoms with Crippen LogP contribution < -0.4 is 0 Å². The standard InChI is InChI=1S/C13H19NO/c1-3-10-14(13(15)4-2)11-12-8-6-5-7-9-12/h3,5-9,13,15H,1,4,10-11H2,2H3. The Morgan fingerprint density at radius 2 is 2.07 bits per heavy atom. The summed E-state index contributed by atoms with van der Waals surface area (Å²) in [5.74, 6) is 0. The first-order chi connectivity index (χ1) is 7.27. The molecule has 1 rings (SSSR count). The quantitative estimate of drug-likeness (QED) is 0.569. The molecule has 82 valence electrons. The smallest absolute Gasteiger partial charge is 0.107 e. The Morgan fingerprint density at radius 1 is 1.40 bits per heavy atom. The minimum absolute atomic E-state index is 0.386. The first kappa shape index (κ1) is 12.0. The van der Waals surface area contributed by atoms with E-state index < -0.39 is 0 Å². The van der Waals surface area contributed by atoms with Gasteiger partial charge in [0.05, 0.1) is 0 Å². The van der Waals surface area contributed by atoms with Crippen LogP contribution in [0, 0.1) is 0 Å². The van der Waals surface area contributed by atoms with Crippen LogP contribution >= 0.6 is 0 Å². The van der Waals surface area contributed by atoms with E-state index in [9.17, 15) is 5.11 Å². The minimum atomic E-state index is -0.386. The molecule has 0 aliphatic heterocycles. The van der Waals surface area contributed by atoms with Crippen molar-refractivity contribution in [2.45, 2.75) is 26.1 Å². The van der Waals surface area contributed by atoms with E-state index in [1.165, 1.54) is 5.56 Å². The van der Waals surface area contributed by atoms with E-state index in [1.54, 1.807) is 0 Å². The second kappa shape index (κ2) is 6.38. The lowest BCUT2D eigenvalue weighted by atomic mass is 10.2. The maximum Gasteiger partial charge on any atom is 0.107 e. The number of hydrogen-bond acceptors (Lipinski definition) is 2. The maximum absolute atomic E-state index is 9.79. The van der Waals surface area contributed by atoms with E-state index >= 15 is 0 Å². The Balaban J connectivity index is 2.62. The van der Waals surface area contributed by atoms with Gasteiger partial charge in [0.25, 0.3) is 0 Å². The molecule has 0 aliphatic carbocycles. The van der Waals surface area contributed by atoms with Gasteiger partial charge in [-0.15, -0.1) is 6.58 Å². The molecule has 0 aromatic heterocycles. The molecule has 1 N–H and O–H groups in total. The molecule has 0 fully saturated rings. The van der Waals surface area contributed by atoms with Gasteiger partial charge in [-0.2, -0.15) is 0 Å². The second-order valence-electron chi connectivity index (χ2n) is 3.59.